The van der Waals surface area contributed by atoms with Gasteiger partial charge in [0.05, 0.1) is 12.8 Å². The first-order valence-corrected chi connectivity index (χ1v) is 18.0. The molecule has 5 amide bonds. The highest BCUT2D eigenvalue weighted by atomic mass is 32.2. The van der Waals surface area contributed by atoms with Crippen LogP contribution >= 0.6 is 0 Å². The number of likely N-dealkylation sites (N-methyl/N-ethyl adjacent to an activating group) is 1. The third-order valence-electron chi connectivity index (χ3n) is 9.40. The van der Waals surface area contributed by atoms with E-state index in [4.69, 9.17) is 9.47 Å². The Bertz CT molecular complexity index is 2020. The highest BCUT2D eigenvalue weighted by Crippen LogP contribution is 2.46. The van der Waals surface area contributed by atoms with Gasteiger partial charge in [-0.2, -0.15) is 17.8 Å². The number of benzene rings is 2. The van der Waals surface area contributed by atoms with Crippen LogP contribution in [0.2, 0.25) is 0 Å². The van der Waals surface area contributed by atoms with E-state index >= 15 is 0 Å². The zero-order valence-electron chi connectivity index (χ0n) is 28.8. The number of ether oxygens (including phenoxy) is 2. The van der Waals surface area contributed by atoms with Gasteiger partial charge >= 0.3 is 22.4 Å². The number of carbonyl (C=O) groups is 5. The van der Waals surface area contributed by atoms with Crippen molar-refractivity contribution in [3.63, 3.8) is 0 Å². The normalized spacial score (nSPS) is 19.8. The summed E-state index contributed by atoms with van der Waals surface area (Å²) in [4.78, 5) is 68.8. The number of halogens is 1. The summed E-state index contributed by atoms with van der Waals surface area (Å²) in [5, 5.41) is 4.28. The monoisotopic (exact) mass is 739 g/mol. The maximum Gasteiger partial charge on any atom is 0.421 e. The summed E-state index contributed by atoms with van der Waals surface area (Å²) >= 11 is 0. The number of aryl methyl sites for hydroxylation is 1. The standard InChI is InChI=1S/C34H38FN7O9S/c1-4-50-32(46)37-52(48,49)40-14-12-27(19-40)41(17-22-5-8-26(35)9-6-22)30(44)21-42-31(45)34(51-33(42)47)13-11-24-15-23(7-10-28(24)34)25-16-36-39(18-25)20-29(43)38(2)3/h5-10,15-16,18,27H,4,11-14,17,19-21H2,1-3H3,(H,37,46)/t27-,34+/m0/s1. The van der Waals surface area contributed by atoms with Crippen molar-refractivity contribution in [2.24, 2.45) is 0 Å². The largest absolute Gasteiger partial charge is 0.449 e. The van der Waals surface area contributed by atoms with E-state index in [1.54, 1.807) is 38.6 Å². The molecule has 52 heavy (non-hydrogen) atoms. The van der Waals surface area contributed by atoms with Crippen molar-refractivity contribution in [3.8, 4) is 11.1 Å². The molecule has 3 aromatic rings. The van der Waals surface area contributed by atoms with Gasteiger partial charge in [-0.1, -0.05) is 30.3 Å². The summed E-state index contributed by atoms with van der Waals surface area (Å²) in [7, 11) is -0.979. The lowest BCUT2D eigenvalue weighted by Gasteiger charge is -2.30. The van der Waals surface area contributed by atoms with Crippen LogP contribution in [0.3, 0.4) is 0 Å². The summed E-state index contributed by atoms with van der Waals surface area (Å²) in [6.45, 7) is 0.590. The lowest BCUT2D eigenvalue weighted by molar-refractivity contribution is -0.143. The summed E-state index contributed by atoms with van der Waals surface area (Å²) in [6, 6.07) is 10.1. The number of carbonyl (C=O) groups excluding carboxylic acids is 5. The zero-order valence-corrected chi connectivity index (χ0v) is 29.6. The average molecular weight is 740 g/mol. The number of hydrogen-bond acceptors (Lipinski definition) is 10. The molecule has 276 valence electrons. The highest BCUT2D eigenvalue weighted by Gasteiger charge is 2.58. The first kappa shape index (κ1) is 36.4. The number of hydrogen-bond donors (Lipinski definition) is 1. The lowest BCUT2D eigenvalue weighted by atomic mass is 9.93. The van der Waals surface area contributed by atoms with Gasteiger partial charge in [-0.25, -0.2) is 23.6 Å². The minimum atomic E-state index is -4.30. The number of fused-ring (bicyclic) bond motifs is 2. The van der Waals surface area contributed by atoms with Gasteiger partial charge in [0.1, 0.15) is 18.9 Å². The second-order valence-electron chi connectivity index (χ2n) is 12.9. The molecule has 1 spiro atoms. The number of aromatic nitrogens is 2. The van der Waals surface area contributed by atoms with Crippen molar-refractivity contribution < 1.29 is 46.3 Å². The Morgan fingerprint density at radius 3 is 2.54 bits per heavy atom. The van der Waals surface area contributed by atoms with Crippen molar-refractivity contribution >= 4 is 40.1 Å². The van der Waals surface area contributed by atoms with Crippen molar-refractivity contribution in [2.75, 3.05) is 40.3 Å². The smallest absolute Gasteiger partial charge is 0.421 e. The van der Waals surface area contributed by atoms with Crippen LogP contribution in [0.5, 0.6) is 0 Å². The minimum Gasteiger partial charge on any atom is -0.449 e. The van der Waals surface area contributed by atoms with E-state index < -0.39 is 58.2 Å². The maximum atomic E-state index is 14.0. The molecule has 3 aliphatic rings. The average Bonchev–Trinajstić information content (AvgIpc) is 3.89. The zero-order chi connectivity index (χ0) is 37.4. The van der Waals surface area contributed by atoms with Crippen LogP contribution in [0.25, 0.3) is 11.1 Å². The van der Waals surface area contributed by atoms with Crippen LogP contribution in [0.15, 0.2) is 54.9 Å². The molecule has 2 saturated heterocycles. The number of imide groups is 1. The molecule has 0 saturated carbocycles. The van der Waals surface area contributed by atoms with Gasteiger partial charge in [0, 0.05) is 63.5 Å². The van der Waals surface area contributed by atoms with Crippen LogP contribution in [0, 0.1) is 5.82 Å². The van der Waals surface area contributed by atoms with Crippen LogP contribution in [0.1, 0.15) is 36.5 Å². The molecule has 2 aliphatic heterocycles. The van der Waals surface area contributed by atoms with Gasteiger partial charge < -0.3 is 19.3 Å². The van der Waals surface area contributed by atoms with Crippen molar-refractivity contribution in [3.05, 3.63) is 77.4 Å². The highest BCUT2D eigenvalue weighted by molar-refractivity contribution is 7.87. The second kappa shape index (κ2) is 14.3. The number of nitrogens with one attached hydrogen (secondary N) is 1. The van der Waals surface area contributed by atoms with Crippen molar-refractivity contribution in [1.29, 1.82) is 0 Å². The number of rotatable bonds is 11. The van der Waals surface area contributed by atoms with Crippen molar-refractivity contribution in [1.82, 2.24) is 33.5 Å². The van der Waals surface area contributed by atoms with E-state index in [9.17, 15) is 36.8 Å². The van der Waals surface area contributed by atoms with Gasteiger partial charge in [0.15, 0.2) is 0 Å². The van der Waals surface area contributed by atoms with Gasteiger partial charge in [-0.3, -0.25) is 19.1 Å². The van der Waals surface area contributed by atoms with E-state index in [1.807, 2.05) is 10.8 Å². The Morgan fingerprint density at radius 2 is 1.83 bits per heavy atom. The molecule has 0 radical (unpaired) electrons. The molecule has 2 atom stereocenters. The molecular formula is C34H38FN7O9S. The summed E-state index contributed by atoms with van der Waals surface area (Å²) < 4.78 is 54.2. The topological polar surface area (TPSA) is 181 Å². The Balaban J connectivity index is 1.19. The summed E-state index contributed by atoms with van der Waals surface area (Å²) in [6.07, 6.45) is 2.02. The molecule has 2 fully saturated rings. The van der Waals surface area contributed by atoms with E-state index in [0.29, 0.717) is 17.5 Å². The number of amides is 5. The fourth-order valence-electron chi connectivity index (χ4n) is 6.66. The number of nitrogens with zero attached hydrogens (tertiary/aromatic N) is 6. The van der Waals surface area contributed by atoms with Crippen LogP contribution in [0.4, 0.5) is 14.0 Å². The van der Waals surface area contributed by atoms with Crippen LogP contribution < -0.4 is 4.72 Å². The van der Waals surface area contributed by atoms with Gasteiger partial charge in [0.2, 0.25) is 17.4 Å². The van der Waals surface area contributed by atoms with E-state index in [-0.39, 0.29) is 51.5 Å². The van der Waals surface area contributed by atoms with Crippen LogP contribution in [-0.4, -0.2) is 113 Å². The molecule has 3 heterocycles. The second-order valence-corrected chi connectivity index (χ2v) is 14.6. The molecule has 18 heteroatoms. The molecule has 16 nitrogen and oxygen atoms in total. The maximum absolute atomic E-state index is 14.0. The molecule has 0 bridgehead atoms. The van der Waals surface area contributed by atoms with Crippen molar-refractivity contribution in [2.45, 2.75) is 50.9 Å². The summed E-state index contributed by atoms with van der Waals surface area (Å²) in [5.41, 5.74) is 1.76. The van der Waals surface area contributed by atoms with Gasteiger partial charge in [0.25, 0.3) is 5.91 Å². The Hall–Kier alpha value is -5.36. The Labute approximate surface area is 299 Å². The molecule has 2 aromatic carbocycles. The summed E-state index contributed by atoms with van der Waals surface area (Å²) in [5.74, 6) is -1.96. The van der Waals surface area contributed by atoms with E-state index in [0.717, 1.165) is 25.9 Å². The third kappa shape index (κ3) is 7.20. The fourth-order valence-corrected chi connectivity index (χ4v) is 7.77. The molecular weight excluding hydrogens is 701 g/mol. The molecule has 1 N–H and O–H groups in total. The van der Waals surface area contributed by atoms with Gasteiger partial charge in [-0.15, -0.1) is 0 Å². The fraction of sp³-hybridized carbons (Fsp3) is 0.412. The lowest BCUT2D eigenvalue weighted by Crippen LogP contribution is -2.49. The SMILES string of the molecule is CCOC(=O)NS(=O)(=O)N1CC[C@H](N(Cc2ccc(F)cc2)C(=O)CN2C(=O)O[C@@]3(CCc4cc(-c5cnn(CC(=O)N(C)C)c5)ccc43)C2=O)C1. The van der Waals surface area contributed by atoms with Gasteiger partial charge in [-0.05, 0) is 48.6 Å². The predicted octanol–water partition coefficient (Wildman–Crippen LogP) is 1.99. The molecule has 0 unspecified atom stereocenters. The third-order valence-corrected chi connectivity index (χ3v) is 10.8. The first-order valence-electron chi connectivity index (χ1n) is 16.6. The minimum absolute atomic E-state index is 0.0336. The Morgan fingerprint density at radius 1 is 1.08 bits per heavy atom. The quantitative estimate of drug-likeness (QED) is 0.306. The molecule has 1 aromatic heterocycles. The van der Waals surface area contributed by atoms with Crippen LogP contribution in [-0.2, 0) is 59.2 Å². The van der Waals surface area contributed by atoms with E-state index in [1.165, 1.54) is 45.7 Å². The first-order chi connectivity index (χ1) is 24.7. The molecule has 6 rings (SSSR count). The predicted molar refractivity (Wildman–Crippen MR) is 181 cm³/mol. The Kier molecular flexibility index (Phi) is 10.0. The molecule has 1 aliphatic carbocycles. The van der Waals surface area contributed by atoms with E-state index in [2.05, 4.69) is 5.10 Å².